The summed E-state index contributed by atoms with van der Waals surface area (Å²) in [4.78, 5) is 9.03. The lowest BCUT2D eigenvalue weighted by Crippen LogP contribution is -2.38. The Labute approximate surface area is 275 Å². The van der Waals surface area contributed by atoms with Gasteiger partial charge in [-0.05, 0) is 59.0 Å². The largest absolute Gasteiger partial charge is 0.252 e. The lowest BCUT2D eigenvalue weighted by molar-refractivity contribution is 0.460. The molecule has 232 valence electrons. The monoisotopic (exact) mass is 630 g/mol. The fourth-order valence-electron chi connectivity index (χ4n) is 6.52. The molecule has 0 N–H and O–H groups in total. The minimum absolute atomic E-state index is 0.172. The summed E-state index contributed by atoms with van der Waals surface area (Å²) in [7, 11) is 0. The van der Waals surface area contributed by atoms with E-state index in [4.69, 9.17) is 5.10 Å². The Morgan fingerprint density at radius 2 is 1.25 bits per heavy atom. The molecule has 0 radical (unpaired) electrons. The molecule has 48 heavy (non-hydrogen) atoms. The van der Waals surface area contributed by atoms with Gasteiger partial charge in [-0.3, -0.25) is 4.68 Å². The van der Waals surface area contributed by atoms with Crippen molar-refractivity contribution in [3.8, 4) is 28.2 Å². The smallest absolute Gasteiger partial charge is 0.164 e. The van der Waals surface area contributed by atoms with Crippen molar-refractivity contribution in [3.05, 3.63) is 186 Å². The zero-order valence-electron chi connectivity index (χ0n) is 25.9. The Hall–Kier alpha value is -6.28. The molecule has 0 aliphatic heterocycles. The summed E-state index contributed by atoms with van der Waals surface area (Å²) in [5, 5.41) is 10.3. The average molecular weight is 631 g/mol. The van der Waals surface area contributed by atoms with Crippen molar-refractivity contribution in [2.75, 3.05) is 0 Å². The number of rotatable bonds is 7. The van der Waals surface area contributed by atoms with Gasteiger partial charge >= 0.3 is 0 Å². The summed E-state index contributed by atoms with van der Waals surface area (Å²) in [5.74, 6) is -0.820. The summed E-state index contributed by atoms with van der Waals surface area (Å²) in [5.41, 5.74) is 4.67. The van der Waals surface area contributed by atoms with Crippen molar-refractivity contribution in [1.82, 2.24) is 29.5 Å². The van der Waals surface area contributed by atoms with Gasteiger partial charge in [0, 0.05) is 23.3 Å². The minimum atomic E-state index is -1.00. The molecule has 0 aliphatic rings. The lowest BCUT2D eigenvalue weighted by Gasteiger charge is -2.36. The maximum Gasteiger partial charge on any atom is 0.164 e. The highest BCUT2D eigenvalue weighted by atomic mass is 19.1. The highest BCUT2D eigenvalue weighted by Crippen LogP contribution is 2.44. The van der Waals surface area contributed by atoms with Crippen molar-refractivity contribution < 1.29 is 8.78 Å². The molecule has 0 atom stereocenters. The predicted molar refractivity (Wildman–Crippen MR) is 183 cm³/mol. The third kappa shape index (κ3) is 4.77. The van der Waals surface area contributed by atoms with Gasteiger partial charge in [-0.15, -0.1) is 0 Å². The van der Waals surface area contributed by atoms with Crippen LogP contribution < -0.4 is 0 Å². The van der Waals surface area contributed by atoms with Gasteiger partial charge in [0.25, 0.3) is 0 Å². The standard InChI is InChI=1S/C40H28F2N6/c1-27-23-45-47(24-27)39-32-22-28(20-21-36(32)43-26-44-39)33-25-48(46-38(33)37-34(41)18-11-19-35(37)42)40(29-12-5-2-6-13-29,30-14-7-3-8-15-30)31-16-9-4-10-17-31/h2-26H,1H3. The first-order valence-electron chi connectivity index (χ1n) is 15.5. The second-order valence-electron chi connectivity index (χ2n) is 11.6. The Kier molecular flexibility index (Phi) is 7.18. The SMILES string of the molecule is Cc1cnn(-c2ncnc3ccc(-c4cn(C(c5ccccc5)(c5ccccc5)c5ccccc5)nc4-c4c(F)cccc4F)cc23)c1. The lowest BCUT2D eigenvalue weighted by atomic mass is 9.77. The first-order valence-corrected chi connectivity index (χ1v) is 15.5. The second-order valence-corrected chi connectivity index (χ2v) is 11.6. The molecule has 3 heterocycles. The number of fused-ring (bicyclic) bond motifs is 1. The molecule has 0 aliphatic carbocycles. The number of aromatic nitrogens is 6. The summed E-state index contributed by atoms with van der Waals surface area (Å²) >= 11 is 0. The van der Waals surface area contributed by atoms with Gasteiger partial charge < -0.3 is 0 Å². The van der Waals surface area contributed by atoms with Crippen LogP contribution in [0.15, 0.2) is 152 Å². The molecule has 3 aromatic heterocycles. The molecule has 0 bridgehead atoms. The van der Waals surface area contributed by atoms with E-state index >= 15 is 8.78 Å². The van der Waals surface area contributed by atoms with Crippen molar-refractivity contribution in [2.24, 2.45) is 0 Å². The molecular weight excluding hydrogens is 602 g/mol. The van der Waals surface area contributed by atoms with Gasteiger partial charge in [0.05, 0.1) is 17.3 Å². The van der Waals surface area contributed by atoms with Gasteiger partial charge in [-0.2, -0.15) is 10.2 Å². The number of nitrogens with zero attached hydrogens (tertiary/aromatic N) is 6. The van der Waals surface area contributed by atoms with Crippen LogP contribution in [-0.2, 0) is 5.54 Å². The molecule has 6 nitrogen and oxygen atoms in total. The van der Waals surface area contributed by atoms with E-state index in [2.05, 4.69) is 51.5 Å². The predicted octanol–water partition coefficient (Wildman–Crippen LogP) is 8.77. The molecule has 0 saturated heterocycles. The number of aryl methyl sites for hydroxylation is 1. The normalized spacial score (nSPS) is 11.6. The molecule has 8 heteroatoms. The third-order valence-corrected chi connectivity index (χ3v) is 8.69. The zero-order valence-corrected chi connectivity index (χ0v) is 25.9. The van der Waals surface area contributed by atoms with E-state index in [9.17, 15) is 0 Å². The topological polar surface area (TPSA) is 61.4 Å². The number of hydrogen-bond acceptors (Lipinski definition) is 4. The molecule has 5 aromatic carbocycles. The molecule has 0 spiro atoms. The van der Waals surface area contributed by atoms with Gasteiger partial charge in [-0.1, -0.05) is 103 Å². The van der Waals surface area contributed by atoms with Crippen LogP contribution in [0.4, 0.5) is 8.78 Å². The van der Waals surface area contributed by atoms with E-state index in [0.717, 1.165) is 27.6 Å². The van der Waals surface area contributed by atoms with E-state index in [1.54, 1.807) is 10.9 Å². The summed E-state index contributed by atoms with van der Waals surface area (Å²) in [6, 6.07) is 39.7. The average Bonchev–Trinajstić information content (AvgIpc) is 3.76. The van der Waals surface area contributed by atoms with E-state index in [1.807, 2.05) is 96.8 Å². The number of hydrogen-bond donors (Lipinski definition) is 0. The fourth-order valence-corrected chi connectivity index (χ4v) is 6.52. The Balaban J connectivity index is 1.47. The molecular formula is C40H28F2N6. The Bertz CT molecular complexity index is 2270. The van der Waals surface area contributed by atoms with Crippen LogP contribution in [-0.4, -0.2) is 29.5 Å². The molecule has 0 amide bonds. The fraction of sp³-hybridized carbons (Fsp3) is 0.0500. The van der Waals surface area contributed by atoms with Gasteiger partial charge in [0.1, 0.15) is 29.2 Å². The second kappa shape index (κ2) is 11.8. The first kappa shape index (κ1) is 29.1. The molecule has 8 aromatic rings. The van der Waals surface area contributed by atoms with Gasteiger partial charge in [0.15, 0.2) is 5.82 Å². The van der Waals surface area contributed by atoms with Crippen LogP contribution in [0, 0.1) is 18.6 Å². The van der Waals surface area contributed by atoms with E-state index in [1.165, 1.54) is 24.5 Å². The first-order chi connectivity index (χ1) is 23.5. The zero-order chi connectivity index (χ0) is 32.7. The van der Waals surface area contributed by atoms with Crippen LogP contribution in [0.25, 0.3) is 39.1 Å². The van der Waals surface area contributed by atoms with Crippen LogP contribution in [0.5, 0.6) is 0 Å². The highest BCUT2D eigenvalue weighted by Gasteiger charge is 2.40. The van der Waals surface area contributed by atoms with Gasteiger partial charge in [0.2, 0.25) is 0 Å². The van der Waals surface area contributed by atoms with Gasteiger partial charge in [-0.25, -0.2) is 23.4 Å². The number of halogens is 2. The Morgan fingerprint density at radius 3 is 1.81 bits per heavy atom. The quantitative estimate of drug-likeness (QED) is 0.165. The van der Waals surface area contributed by atoms with E-state index < -0.39 is 17.2 Å². The van der Waals surface area contributed by atoms with Crippen molar-refractivity contribution >= 4 is 10.9 Å². The van der Waals surface area contributed by atoms with Crippen LogP contribution in [0.2, 0.25) is 0 Å². The minimum Gasteiger partial charge on any atom is -0.252 e. The summed E-state index contributed by atoms with van der Waals surface area (Å²) in [6.07, 6.45) is 7.04. The maximum absolute atomic E-state index is 15.7. The van der Waals surface area contributed by atoms with Crippen molar-refractivity contribution in [2.45, 2.75) is 12.5 Å². The van der Waals surface area contributed by atoms with Crippen LogP contribution in [0.1, 0.15) is 22.3 Å². The summed E-state index contributed by atoms with van der Waals surface area (Å²) in [6.45, 7) is 1.96. The van der Waals surface area contributed by atoms with Crippen molar-refractivity contribution in [3.63, 3.8) is 0 Å². The third-order valence-electron chi connectivity index (χ3n) is 8.69. The van der Waals surface area contributed by atoms with Crippen LogP contribution >= 0.6 is 0 Å². The Morgan fingerprint density at radius 1 is 0.646 bits per heavy atom. The van der Waals surface area contributed by atoms with E-state index in [-0.39, 0.29) is 11.3 Å². The molecule has 0 saturated carbocycles. The number of benzene rings is 5. The van der Waals surface area contributed by atoms with E-state index in [0.29, 0.717) is 22.5 Å². The molecule has 0 fully saturated rings. The molecule has 8 rings (SSSR count). The van der Waals surface area contributed by atoms with Crippen LogP contribution in [0.3, 0.4) is 0 Å². The summed E-state index contributed by atoms with van der Waals surface area (Å²) < 4.78 is 35.0. The highest BCUT2D eigenvalue weighted by molar-refractivity contribution is 5.92. The molecule has 0 unspecified atom stereocenters. The van der Waals surface area contributed by atoms with Crippen molar-refractivity contribution in [1.29, 1.82) is 0 Å². The maximum atomic E-state index is 15.7.